The van der Waals surface area contributed by atoms with Gasteiger partial charge in [0.25, 0.3) is 0 Å². The third-order valence-electron chi connectivity index (χ3n) is 3.53. The van der Waals surface area contributed by atoms with Gasteiger partial charge in [-0.15, -0.1) is 0 Å². The van der Waals surface area contributed by atoms with E-state index in [4.69, 9.17) is 0 Å². The molecule has 1 N–H and O–H groups in total. The van der Waals surface area contributed by atoms with Crippen molar-refractivity contribution in [3.05, 3.63) is 47.9 Å². The molecule has 0 aliphatic heterocycles. The summed E-state index contributed by atoms with van der Waals surface area (Å²) in [5, 5.41) is 2.97. The number of carbonyl (C=O) groups is 2. The first-order valence-corrected chi connectivity index (χ1v) is 7.89. The van der Waals surface area contributed by atoms with Gasteiger partial charge in [-0.2, -0.15) is 0 Å². The summed E-state index contributed by atoms with van der Waals surface area (Å²) in [5.41, 5.74) is 3.42. The molecule has 1 unspecified atom stereocenters. The third kappa shape index (κ3) is 9.11. The maximum atomic E-state index is 11.6. The molecule has 0 saturated heterocycles. The molecule has 0 aromatic heterocycles. The second kappa shape index (κ2) is 11.7. The monoisotopic (exact) mass is 303 g/mol. The fourth-order valence-electron chi connectivity index (χ4n) is 2.10. The lowest BCUT2D eigenvalue weighted by molar-refractivity contribution is -0.115. The van der Waals surface area contributed by atoms with Gasteiger partial charge in [0.1, 0.15) is 6.29 Å². The van der Waals surface area contributed by atoms with E-state index in [-0.39, 0.29) is 11.7 Å². The van der Waals surface area contributed by atoms with Crippen LogP contribution in [0.1, 0.15) is 53.4 Å². The van der Waals surface area contributed by atoms with Gasteiger partial charge in [-0.1, -0.05) is 44.6 Å². The van der Waals surface area contributed by atoms with Crippen LogP contribution in [-0.4, -0.2) is 12.1 Å². The average Bonchev–Trinajstić information content (AvgIpc) is 2.46. The fourth-order valence-corrected chi connectivity index (χ4v) is 2.10. The van der Waals surface area contributed by atoms with Crippen LogP contribution in [0.5, 0.6) is 0 Å². The largest absolute Gasteiger partial charge is 0.362 e. The number of allylic oxidation sites excluding steroid dienone is 5. The lowest BCUT2D eigenvalue weighted by Gasteiger charge is -2.05. The van der Waals surface area contributed by atoms with Crippen LogP contribution < -0.4 is 5.32 Å². The van der Waals surface area contributed by atoms with Gasteiger partial charge in [0, 0.05) is 24.7 Å². The van der Waals surface area contributed by atoms with Gasteiger partial charge in [-0.3, -0.25) is 4.79 Å². The molecule has 0 bridgehead atoms. The van der Waals surface area contributed by atoms with Crippen LogP contribution in [0.2, 0.25) is 0 Å². The van der Waals surface area contributed by atoms with E-state index >= 15 is 0 Å². The first kappa shape index (κ1) is 20.1. The molecule has 3 nitrogen and oxygen atoms in total. The smallest absolute Gasteiger partial charge is 0.157 e. The van der Waals surface area contributed by atoms with E-state index in [1.807, 2.05) is 19.1 Å². The Morgan fingerprint density at radius 3 is 2.36 bits per heavy atom. The third-order valence-corrected chi connectivity index (χ3v) is 3.53. The lowest BCUT2D eigenvalue weighted by Crippen LogP contribution is -2.06. The number of ketones is 1. The first-order chi connectivity index (χ1) is 10.4. The second-order valence-corrected chi connectivity index (χ2v) is 5.51. The molecule has 0 radical (unpaired) electrons. The topological polar surface area (TPSA) is 46.2 Å². The summed E-state index contributed by atoms with van der Waals surface area (Å²) in [6.45, 7) is 12.2. The van der Waals surface area contributed by atoms with Crippen LogP contribution in [0, 0.1) is 5.92 Å². The molecular weight excluding hydrogens is 274 g/mol. The maximum Gasteiger partial charge on any atom is 0.157 e. The number of hydrogen-bond donors (Lipinski definition) is 1. The van der Waals surface area contributed by atoms with E-state index in [0.29, 0.717) is 12.8 Å². The van der Waals surface area contributed by atoms with Crippen LogP contribution in [0.4, 0.5) is 0 Å². The van der Waals surface area contributed by atoms with Crippen molar-refractivity contribution in [2.45, 2.75) is 53.4 Å². The minimum atomic E-state index is 0.00829. The zero-order valence-corrected chi connectivity index (χ0v) is 14.3. The predicted molar refractivity (Wildman–Crippen MR) is 93.3 cm³/mol. The molecule has 0 spiro atoms. The van der Waals surface area contributed by atoms with Gasteiger partial charge >= 0.3 is 0 Å². The molecular formula is C19H29NO2. The molecule has 0 fully saturated rings. The summed E-state index contributed by atoms with van der Waals surface area (Å²) < 4.78 is 0. The highest BCUT2D eigenvalue weighted by Gasteiger charge is 2.05. The Morgan fingerprint density at radius 1 is 1.18 bits per heavy atom. The molecule has 0 heterocycles. The molecule has 22 heavy (non-hydrogen) atoms. The molecule has 0 saturated carbocycles. The molecule has 122 valence electrons. The molecule has 0 aromatic carbocycles. The van der Waals surface area contributed by atoms with Gasteiger partial charge in [0.2, 0.25) is 0 Å². The van der Waals surface area contributed by atoms with E-state index in [2.05, 4.69) is 32.7 Å². The van der Waals surface area contributed by atoms with E-state index in [0.717, 1.165) is 24.8 Å². The van der Waals surface area contributed by atoms with Crippen molar-refractivity contribution in [3.8, 4) is 0 Å². The Hall–Kier alpha value is -1.90. The fraction of sp³-hybridized carbons (Fsp3) is 0.474. The van der Waals surface area contributed by atoms with E-state index in [1.54, 1.807) is 6.20 Å². The SMILES string of the molecule is C=C(/C=C\C(C)=C(CC)CC)N/C=C/C(=O)CC(C)CC=O. The van der Waals surface area contributed by atoms with Crippen molar-refractivity contribution in [1.29, 1.82) is 0 Å². The Bertz CT molecular complexity index is 464. The highest BCUT2D eigenvalue weighted by molar-refractivity contribution is 5.89. The van der Waals surface area contributed by atoms with Crippen LogP contribution in [0.15, 0.2) is 47.9 Å². The standard InChI is InChI=1S/C19H29NO2/c1-6-18(7-2)16(4)8-9-17(5)20-12-10-19(22)14-15(3)11-13-21/h8-10,12-13,15,20H,5-7,11,14H2,1-4H3/b9-8-,12-10+. The number of aldehydes is 1. The quantitative estimate of drug-likeness (QED) is 0.348. The zero-order valence-electron chi connectivity index (χ0n) is 14.3. The highest BCUT2D eigenvalue weighted by atomic mass is 16.1. The van der Waals surface area contributed by atoms with Crippen molar-refractivity contribution in [1.82, 2.24) is 5.32 Å². The number of carbonyl (C=O) groups excluding carboxylic acids is 2. The van der Waals surface area contributed by atoms with E-state index in [9.17, 15) is 9.59 Å². The van der Waals surface area contributed by atoms with Crippen molar-refractivity contribution in [2.24, 2.45) is 5.92 Å². The molecule has 0 aliphatic carbocycles. The Morgan fingerprint density at radius 2 is 1.82 bits per heavy atom. The predicted octanol–water partition coefficient (Wildman–Crippen LogP) is 4.48. The summed E-state index contributed by atoms with van der Waals surface area (Å²) in [7, 11) is 0. The van der Waals surface area contributed by atoms with Crippen molar-refractivity contribution in [2.75, 3.05) is 0 Å². The van der Waals surface area contributed by atoms with Crippen LogP contribution in [-0.2, 0) is 9.59 Å². The molecule has 0 aromatic rings. The minimum absolute atomic E-state index is 0.00829. The second-order valence-electron chi connectivity index (χ2n) is 5.51. The van der Waals surface area contributed by atoms with E-state index in [1.165, 1.54) is 17.2 Å². The Balaban J connectivity index is 4.34. The number of hydrogen-bond acceptors (Lipinski definition) is 3. The average molecular weight is 303 g/mol. The first-order valence-electron chi connectivity index (χ1n) is 7.89. The summed E-state index contributed by atoms with van der Waals surface area (Å²) in [4.78, 5) is 22.0. The maximum absolute atomic E-state index is 11.6. The number of rotatable bonds is 11. The summed E-state index contributed by atoms with van der Waals surface area (Å²) in [6, 6.07) is 0. The van der Waals surface area contributed by atoms with Crippen LogP contribution in [0.3, 0.4) is 0 Å². The number of nitrogens with one attached hydrogen (secondary N) is 1. The van der Waals surface area contributed by atoms with Crippen molar-refractivity contribution in [3.63, 3.8) is 0 Å². The van der Waals surface area contributed by atoms with Gasteiger partial charge in [0.05, 0.1) is 0 Å². The van der Waals surface area contributed by atoms with Gasteiger partial charge < -0.3 is 10.1 Å². The summed E-state index contributed by atoms with van der Waals surface area (Å²) in [5.74, 6) is 0.0981. The van der Waals surface area contributed by atoms with Gasteiger partial charge in [-0.05, 0) is 37.8 Å². The Kier molecular flexibility index (Phi) is 10.7. The lowest BCUT2D eigenvalue weighted by atomic mass is 10.0. The van der Waals surface area contributed by atoms with E-state index < -0.39 is 0 Å². The van der Waals surface area contributed by atoms with Crippen LogP contribution in [0.25, 0.3) is 0 Å². The Labute approximate surface area is 134 Å². The van der Waals surface area contributed by atoms with Crippen molar-refractivity contribution < 1.29 is 9.59 Å². The zero-order chi connectivity index (χ0) is 17.0. The van der Waals surface area contributed by atoms with Gasteiger partial charge in [-0.25, -0.2) is 0 Å². The van der Waals surface area contributed by atoms with Crippen molar-refractivity contribution >= 4 is 12.1 Å². The molecule has 0 amide bonds. The molecule has 0 aliphatic rings. The summed E-state index contributed by atoms with van der Waals surface area (Å²) in [6.07, 6.45) is 10.8. The minimum Gasteiger partial charge on any atom is -0.362 e. The normalized spacial score (nSPS) is 12.4. The van der Waals surface area contributed by atoms with Gasteiger partial charge in [0.15, 0.2) is 5.78 Å². The molecule has 3 heteroatoms. The highest BCUT2D eigenvalue weighted by Crippen LogP contribution is 2.13. The summed E-state index contributed by atoms with van der Waals surface area (Å²) >= 11 is 0. The molecule has 0 rings (SSSR count). The molecule has 1 atom stereocenters. The van der Waals surface area contributed by atoms with Crippen LogP contribution >= 0.6 is 0 Å².